The summed E-state index contributed by atoms with van der Waals surface area (Å²) in [5.41, 5.74) is 9.90. The van der Waals surface area contributed by atoms with Crippen LogP contribution in [0.15, 0.2) is 68.9 Å². The smallest absolute Gasteiger partial charge is 0.319 e. The third-order valence-electron chi connectivity index (χ3n) is 5.96. The van der Waals surface area contributed by atoms with Gasteiger partial charge < -0.3 is 16.4 Å². The van der Waals surface area contributed by atoms with Gasteiger partial charge in [-0.05, 0) is 81.7 Å². The molecule has 1 aromatic carbocycles. The summed E-state index contributed by atoms with van der Waals surface area (Å²) in [5, 5.41) is 9.18. The second kappa shape index (κ2) is 14.0. The summed E-state index contributed by atoms with van der Waals surface area (Å²) < 4.78 is 0. The third kappa shape index (κ3) is 9.90. The number of nitrogens with two attached hydrogens (primary N) is 1. The summed E-state index contributed by atoms with van der Waals surface area (Å²) >= 11 is 0. The highest BCUT2D eigenvalue weighted by molar-refractivity contribution is 6.06. The first kappa shape index (κ1) is 28.6. The van der Waals surface area contributed by atoms with E-state index >= 15 is 0 Å². The molecular formula is C28H40N6O2. The highest BCUT2D eigenvalue weighted by Gasteiger charge is 2.22. The summed E-state index contributed by atoms with van der Waals surface area (Å²) in [4.78, 5) is 32.3. The summed E-state index contributed by atoms with van der Waals surface area (Å²) in [7, 11) is 1.65. The van der Waals surface area contributed by atoms with Gasteiger partial charge >= 0.3 is 6.03 Å². The van der Waals surface area contributed by atoms with Crippen LogP contribution in [0.25, 0.3) is 0 Å². The van der Waals surface area contributed by atoms with Gasteiger partial charge in [-0.1, -0.05) is 26.0 Å². The van der Waals surface area contributed by atoms with Crippen LogP contribution in [0.3, 0.4) is 0 Å². The molecule has 0 aliphatic heterocycles. The molecule has 194 valence electrons. The minimum absolute atomic E-state index is 0.313. The Kier molecular flexibility index (Phi) is 11.1. The van der Waals surface area contributed by atoms with Gasteiger partial charge in [-0.3, -0.25) is 15.1 Å². The van der Waals surface area contributed by atoms with Crippen LogP contribution in [-0.4, -0.2) is 37.6 Å². The number of allylic oxidation sites excluding steroid dienone is 4. The molecule has 1 saturated carbocycles. The number of primary amides is 1. The monoisotopic (exact) mass is 492 g/mol. The van der Waals surface area contributed by atoms with Gasteiger partial charge in [0.1, 0.15) is 5.84 Å². The molecule has 1 aliphatic rings. The summed E-state index contributed by atoms with van der Waals surface area (Å²) in [5.74, 6) is 1.19. The van der Waals surface area contributed by atoms with Crippen molar-refractivity contribution in [3.63, 3.8) is 0 Å². The maximum absolute atomic E-state index is 12.2. The van der Waals surface area contributed by atoms with E-state index in [1.165, 1.54) is 12.8 Å². The molecule has 8 nitrogen and oxygen atoms in total. The highest BCUT2D eigenvalue weighted by atomic mass is 16.2. The van der Waals surface area contributed by atoms with Gasteiger partial charge in [-0.25, -0.2) is 9.79 Å². The Labute approximate surface area is 214 Å². The van der Waals surface area contributed by atoms with Gasteiger partial charge in [0.25, 0.3) is 5.91 Å². The fourth-order valence-electron chi connectivity index (χ4n) is 3.41. The zero-order valence-corrected chi connectivity index (χ0v) is 22.3. The summed E-state index contributed by atoms with van der Waals surface area (Å²) in [6.07, 6.45) is 8.90. The molecule has 1 fully saturated rings. The van der Waals surface area contributed by atoms with Crippen LogP contribution < -0.4 is 21.7 Å². The average molecular weight is 493 g/mol. The molecule has 3 amide bonds. The fraction of sp³-hybridized carbons (Fsp3) is 0.429. The molecule has 2 rings (SSSR count). The number of amidine groups is 1. The standard InChI is InChI=1S/C28H40N6O2/c1-7-19(3)25(31-16-22-11-12-22)15-26(33-24-10-8-9-18(2)13-24)32-21(5)23(17-30-6)14-20(4)27(35)34-28(29)36/h8-10,13-15,17,19,22,31H,7,11-12,16H2,1-6H3,(H,32,33)(H3,29,34,35,36)/b20-14+,23-21+,25-15+,30-17?/t19-/m1/s1. The Morgan fingerprint density at radius 2 is 1.94 bits per heavy atom. The van der Waals surface area contributed by atoms with Crippen molar-refractivity contribution in [3.8, 4) is 0 Å². The number of hydrogen-bond donors (Lipinski definition) is 4. The molecule has 0 radical (unpaired) electrons. The van der Waals surface area contributed by atoms with Crippen molar-refractivity contribution in [2.45, 2.75) is 53.9 Å². The SMILES string of the molecule is CC[C@@H](C)\C(=C/C(=N\C(C)=C(C=NC)/C=C(\C)C(=O)NC(N)=O)Nc1cccc(C)c1)NCC1CC1. The van der Waals surface area contributed by atoms with Gasteiger partial charge in [0.15, 0.2) is 0 Å². The minimum Gasteiger partial charge on any atom is -0.388 e. The number of anilines is 1. The number of aliphatic imine (C=N–C) groups is 2. The Morgan fingerprint density at radius 1 is 1.22 bits per heavy atom. The number of nitrogens with one attached hydrogen (secondary N) is 3. The van der Waals surface area contributed by atoms with Crippen LogP contribution in [-0.2, 0) is 4.79 Å². The number of hydrogen-bond acceptors (Lipinski definition) is 5. The zero-order chi connectivity index (χ0) is 26.7. The van der Waals surface area contributed by atoms with Crippen LogP contribution in [0, 0.1) is 18.8 Å². The maximum atomic E-state index is 12.2. The Hall–Kier alpha value is -3.68. The lowest BCUT2D eigenvalue weighted by Crippen LogP contribution is -2.35. The van der Waals surface area contributed by atoms with Crippen LogP contribution in [0.4, 0.5) is 10.5 Å². The van der Waals surface area contributed by atoms with Gasteiger partial charge in [0.05, 0.1) is 0 Å². The van der Waals surface area contributed by atoms with Gasteiger partial charge in [0.2, 0.25) is 0 Å². The van der Waals surface area contributed by atoms with E-state index < -0.39 is 11.9 Å². The normalized spacial score (nSPS) is 16.4. The highest BCUT2D eigenvalue weighted by Crippen LogP contribution is 2.28. The van der Waals surface area contributed by atoms with Crippen LogP contribution >= 0.6 is 0 Å². The predicted molar refractivity (Wildman–Crippen MR) is 149 cm³/mol. The largest absolute Gasteiger partial charge is 0.388 e. The molecule has 0 bridgehead atoms. The van der Waals surface area contributed by atoms with Crippen molar-refractivity contribution >= 4 is 29.7 Å². The second-order valence-electron chi connectivity index (χ2n) is 9.30. The number of aryl methyl sites for hydroxylation is 1. The van der Waals surface area contributed by atoms with E-state index in [0.717, 1.165) is 35.8 Å². The first-order valence-corrected chi connectivity index (χ1v) is 12.4. The summed E-state index contributed by atoms with van der Waals surface area (Å²) in [6.45, 7) is 10.9. The van der Waals surface area contributed by atoms with E-state index in [0.29, 0.717) is 28.6 Å². The average Bonchev–Trinajstić information content (AvgIpc) is 3.64. The molecule has 36 heavy (non-hydrogen) atoms. The third-order valence-corrected chi connectivity index (χ3v) is 5.96. The topological polar surface area (TPSA) is 121 Å². The van der Waals surface area contributed by atoms with Gasteiger partial charge in [-0.15, -0.1) is 0 Å². The number of rotatable bonds is 11. The van der Waals surface area contributed by atoms with Crippen LogP contribution in [0.5, 0.6) is 0 Å². The van der Waals surface area contributed by atoms with E-state index in [9.17, 15) is 9.59 Å². The number of urea groups is 1. The van der Waals surface area contributed by atoms with Crippen LogP contribution in [0.1, 0.15) is 52.5 Å². The number of carbonyl (C=O) groups excluding carboxylic acids is 2. The molecule has 0 heterocycles. The van der Waals surface area contributed by atoms with Gasteiger partial charge in [0, 0.05) is 48.0 Å². The number of nitrogens with zero attached hydrogens (tertiary/aromatic N) is 2. The van der Waals surface area contributed by atoms with Crippen LogP contribution in [0.2, 0.25) is 0 Å². The van der Waals surface area contributed by atoms with Gasteiger partial charge in [-0.2, -0.15) is 0 Å². The van der Waals surface area contributed by atoms with E-state index in [1.54, 1.807) is 26.3 Å². The maximum Gasteiger partial charge on any atom is 0.319 e. The molecular weight excluding hydrogens is 452 g/mol. The Bertz CT molecular complexity index is 1090. The zero-order valence-electron chi connectivity index (χ0n) is 22.3. The van der Waals surface area contributed by atoms with Crippen molar-refractivity contribution in [1.29, 1.82) is 0 Å². The number of amides is 3. The Balaban J connectivity index is 2.53. The predicted octanol–water partition coefficient (Wildman–Crippen LogP) is 4.85. The number of benzene rings is 1. The molecule has 0 spiro atoms. The molecule has 0 saturated heterocycles. The van der Waals surface area contributed by atoms with Crippen molar-refractivity contribution in [1.82, 2.24) is 10.6 Å². The van der Waals surface area contributed by atoms with E-state index in [-0.39, 0.29) is 0 Å². The molecule has 0 unspecified atom stereocenters. The van der Waals surface area contributed by atoms with Crippen molar-refractivity contribution in [2.75, 3.05) is 18.9 Å². The molecule has 1 aliphatic carbocycles. The van der Waals surface area contributed by atoms with E-state index in [4.69, 9.17) is 10.7 Å². The number of carbonyl (C=O) groups is 2. The molecule has 8 heteroatoms. The van der Waals surface area contributed by atoms with Crippen molar-refractivity contribution < 1.29 is 9.59 Å². The lowest BCUT2D eigenvalue weighted by molar-refractivity contribution is -0.116. The number of imide groups is 1. The lowest BCUT2D eigenvalue weighted by Gasteiger charge is -2.18. The van der Waals surface area contributed by atoms with E-state index in [1.807, 2.05) is 32.0 Å². The molecule has 5 N–H and O–H groups in total. The second-order valence-corrected chi connectivity index (χ2v) is 9.30. The molecule has 1 atom stereocenters. The fourth-order valence-corrected chi connectivity index (χ4v) is 3.41. The van der Waals surface area contributed by atoms with Crippen molar-refractivity contribution in [3.05, 3.63) is 64.5 Å². The lowest BCUT2D eigenvalue weighted by atomic mass is 10.0. The summed E-state index contributed by atoms with van der Waals surface area (Å²) in [6, 6.07) is 7.22. The quantitative estimate of drug-likeness (QED) is 0.153. The molecule has 0 aromatic heterocycles. The van der Waals surface area contributed by atoms with E-state index in [2.05, 4.69) is 46.9 Å². The first-order valence-electron chi connectivity index (χ1n) is 12.4. The van der Waals surface area contributed by atoms with Crippen molar-refractivity contribution in [2.24, 2.45) is 27.6 Å². The molecule has 1 aromatic rings. The first-order chi connectivity index (χ1) is 17.1. The Morgan fingerprint density at radius 3 is 2.53 bits per heavy atom. The minimum atomic E-state index is -0.900.